The minimum Gasteiger partial charge on any atom is -0.395 e. The molecule has 3 heteroatoms. The van der Waals surface area contributed by atoms with Crippen LogP contribution < -0.4 is 5.73 Å². The predicted octanol–water partition coefficient (Wildman–Crippen LogP) is 0.694. The maximum absolute atomic E-state index is 8.84. The van der Waals surface area contributed by atoms with Crippen LogP contribution >= 0.6 is 12.4 Å². The first kappa shape index (κ1) is 9.95. The van der Waals surface area contributed by atoms with Crippen molar-refractivity contribution in [1.29, 1.82) is 0 Å². The van der Waals surface area contributed by atoms with Crippen LogP contribution in [0.15, 0.2) is 12.2 Å². The molecule has 0 aromatic rings. The average Bonchev–Trinajstić information content (AvgIpc) is 2.13. The summed E-state index contributed by atoms with van der Waals surface area (Å²) in [6.07, 6.45) is 4.83. The summed E-state index contributed by atoms with van der Waals surface area (Å²) in [6.45, 7) is 2.22. The third-order valence-corrected chi connectivity index (χ3v) is 1.81. The molecule has 0 bridgehead atoms. The molecule has 0 saturated carbocycles. The highest BCUT2D eigenvalue weighted by Crippen LogP contribution is 2.29. The Kier molecular flexibility index (Phi) is 3.36. The SMILES string of the molecule is C[C@@]1(CO)C=C[C@H](N)C1.Cl. The minimum atomic E-state index is -0.0422. The first-order chi connectivity index (χ1) is 4.16. The molecule has 0 aromatic carbocycles. The Balaban J connectivity index is 0.000000810. The van der Waals surface area contributed by atoms with Crippen LogP contribution in [0.1, 0.15) is 13.3 Å². The molecule has 1 rings (SSSR count). The van der Waals surface area contributed by atoms with E-state index in [-0.39, 0.29) is 30.5 Å². The normalized spacial score (nSPS) is 37.7. The molecule has 0 amide bonds. The molecule has 0 fully saturated rings. The molecule has 1 aliphatic rings. The molecule has 0 radical (unpaired) electrons. The monoisotopic (exact) mass is 163 g/mol. The van der Waals surface area contributed by atoms with Gasteiger partial charge in [-0.3, -0.25) is 0 Å². The van der Waals surface area contributed by atoms with Crippen LogP contribution in [0.25, 0.3) is 0 Å². The van der Waals surface area contributed by atoms with Crippen molar-refractivity contribution in [2.45, 2.75) is 19.4 Å². The van der Waals surface area contributed by atoms with E-state index in [1.807, 2.05) is 19.1 Å². The van der Waals surface area contributed by atoms with Crippen LogP contribution in [0, 0.1) is 5.41 Å². The molecule has 60 valence electrons. The lowest BCUT2D eigenvalue weighted by atomic mass is 9.91. The first-order valence-electron chi connectivity index (χ1n) is 3.22. The van der Waals surface area contributed by atoms with Crippen molar-refractivity contribution in [2.75, 3.05) is 6.61 Å². The number of aliphatic hydroxyl groups is 1. The van der Waals surface area contributed by atoms with Crippen molar-refractivity contribution in [1.82, 2.24) is 0 Å². The van der Waals surface area contributed by atoms with Gasteiger partial charge in [-0.2, -0.15) is 0 Å². The fourth-order valence-electron chi connectivity index (χ4n) is 1.15. The molecular formula is C7H14ClNO. The van der Waals surface area contributed by atoms with Gasteiger partial charge in [0.1, 0.15) is 0 Å². The van der Waals surface area contributed by atoms with Crippen molar-refractivity contribution >= 4 is 12.4 Å². The smallest absolute Gasteiger partial charge is 0.0520 e. The molecule has 2 nitrogen and oxygen atoms in total. The van der Waals surface area contributed by atoms with Crippen LogP contribution in [0.2, 0.25) is 0 Å². The fraction of sp³-hybridized carbons (Fsp3) is 0.714. The molecule has 3 N–H and O–H groups in total. The lowest BCUT2D eigenvalue weighted by Crippen LogP contribution is -2.23. The predicted molar refractivity (Wildman–Crippen MR) is 44.2 cm³/mol. The summed E-state index contributed by atoms with van der Waals surface area (Å²) in [5, 5.41) is 8.84. The van der Waals surface area contributed by atoms with Crippen LogP contribution in [0.4, 0.5) is 0 Å². The summed E-state index contributed by atoms with van der Waals surface area (Å²) in [4.78, 5) is 0. The van der Waals surface area contributed by atoms with Gasteiger partial charge in [0.25, 0.3) is 0 Å². The molecular weight excluding hydrogens is 150 g/mol. The second-order valence-corrected chi connectivity index (χ2v) is 3.04. The zero-order valence-corrected chi connectivity index (χ0v) is 6.90. The largest absolute Gasteiger partial charge is 0.395 e. The van der Waals surface area contributed by atoms with Crippen molar-refractivity contribution in [2.24, 2.45) is 11.1 Å². The van der Waals surface area contributed by atoms with Crippen LogP contribution in [0.3, 0.4) is 0 Å². The molecule has 0 aliphatic heterocycles. The van der Waals surface area contributed by atoms with Crippen molar-refractivity contribution in [3.8, 4) is 0 Å². The van der Waals surface area contributed by atoms with E-state index in [0.29, 0.717) is 0 Å². The van der Waals surface area contributed by atoms with E-state index >= 15 is 0 Å². The van der Waals surface area contributed by atoms with Crippen molar-refractivity contribution in [3.05, 3.63) is 12.2 Å². The highest BCUT2D eigenvalue weighted by Gasteiger charge is 2.26. The van der Waals surface area contributed by atoms with E-state index in [9.17, 15) is 0 Å². The summed E-state index contributed by atoms with van der Waals surface area (Å²) >= 11 is 0. The highest BCUT2D eigenvalue weighted by atomic mass is 35.5. The number of aliphatic hydroxyl groups excluding tert-OH is 1. The minimum absolute atomic E-state index is 0. The van der Waals surface area contributed by atoms with Gasteiger partial charge < -0.3 is 10.8 Å². The molecule has 0 saturated heterocycles. The number of hydrogen-bond acceptors (Lipinski definition) is 2. The van der Waals surface area contributed by atoms with E-state index in [4.69, 9.17) is 10.8 Å². The van der Waals surface area contributed by atoms with E-state index in [1.54, 1.807) is 0 Å². The first-order valence-corrected chi connectivity index (χ1v) is 3.22. The van der Waals surface area contributed by atoms with E-state index in [2.05, 4.69) is 0 Å². The zero-order valence-electron chi connectivity index (χ0n) is 6.08. The molecule has 2 atom stereocenters. The second-order valence-electron chi connectivity index (χ2n) is 3.04. The third kappa shape index (κ3) is 1.97. The summed E-state index contributed by atoms with van der Waals surface area (Å²) in [5.74, 6) is 0. The van der Waals surface area contributed by atoms with Crippen LogP contribution in [-0.2, 0) is 0 Å². The Morgan fingerprint density at radius 2 is 2.40 bits per heavy atom. The van der Waals surface area contributed by atoms with Gasteiger partial charge in [0.2, 0.25) is 0 Å². The van der Waals surface area contributed by atoms with E-state index < -0.39 is 0 Å². The number of rotatable bonds is 1. The highest BCUT2D eigenvalue weighted by molar-refractivity contribution is 5.85. The molecule has 0 aromatic heterocycles. The summed E-state index contributed by atoms with van der Waals surface area (Å²) in [6, 6.07) is 0.155. The van der Waals surface area contributed by atoms with Gasteiger partial charge in [0.15, 0.2) is 0 Å². The van der Waals surface area contributed by atoms with E-state index in [1.165, 1.54) is 0 Å². The summed E-state index contributed by atoms with van der Waals surface area (Å²) < 4.78 is 0. The third-order valence-electron chi connectivity index (χ3n) is 1.81. The average molecular weight is 164 g/mol. The maximum Gasteiger partial charge on any atom is 0.0520 e. The summed E-state index contributed by atoms with van der Waals surface area (Å²) in [5.41, 5.74) is 5.55. The molecule has 10 heavy (non-hydrogen) atoms. The molecule has 0 heterocycles. The van der Waals surface area contributed by atoms with Gasteiger partial charge >= 0.3 is 0 Å². The molecule has 1 aliphatic carbocycles. The quantitative estimate of drug-likeness (QED) is 0.559. The van der Waals surface area contributed by atoms with Crippen molar-refractivity contribution < 1.29 is 5.11 Å². The Labute approximate surface area is 67.5 Å². The molecule has 0 unspecified atom stereocenters. The maximum atomic E-state index is 8.84. The second kappa shape index (κ2) is 3.37. The zero-order chi connectivity index (χ0) is 6.91. The lowest BCUT2D eigenvalue weighted by molar-refractivity contribution is 0.180. The van der Waals surface area contributed by atoms with Gasteiger partial charge in [-0.1, -0.05) is 19.1 Å². The standard InChI is InChI=1S/C7H13NO.ClH/c1-7(5-9)3-2-6(8)4-7;/h2-3,6,9H,4-5,8H2,1H3;1H/t6-,7+;/m0./s1. The Morgan fingerprint density at radius 1 is 1.80 bits per heavy atom. The number of nitrogens with two attached hydrogens (primary N) is 1. The van der Waals surface area contributed by atoms with E-state index in [0.717, 1.165) is 6.42 Å². The van der Waals surface area contributed by atoms with Gasteiger partial charge in [-0.05, 0) is 6.42 Å². The summed E-state index contributed by atoms with van der Waals surface area (Å²) in [7, 11) is 0. The van der Waals surface area contributed by atoms with Gasteiger partial charge in [0, 0.05) is 11.5 Å². The fourth-order valence-corrected chi connectivity index (χ4v) is 1.15. The number of hydrogen-bond donors (Lipinski definition) is 2. The van der Waals surface area contributed by atoms with Crippen LogP contribution in [-0.4, -0.2) is 17.8 Å². The van der Waals surface area contributed by atoms with Gasteiger partial charge in [-0.15, -0.1) is 12.4 Å². The Bertz CT molecular complexity index is 138. The molecule has 0 spiro atoms. The topological polar surface area (TPSA) is 46.2 Å². The number of halogens is 1. The Hall–Kier alpha value is -0.0500. The van der Waals surface area contributed by atoms with Crippen LogP contribution in [0.5, 0.6) is 0 Å². The lowest BCUT2D eigenvalue weighted by Gasteiger charge is -2.18. The van der Waals surface area contributed by atoms with Crippen molar-refractivity contribution in [3.63, 3.8) is 0 Å². The van der Waals surface area contributed by atoms with Gasteiger partial charge in [-0.25, -0.2) is 0 Å². The Morgan fingerprint density at radius 3 is 2.60 bits per heavy atom. The van der Waals surface area contributed by atoms with Gasteiger partial charge in [0.05, 0.1) is 6.61 Å².